The lowest BCUT2D eigenvalue weighted by Crippen LogP contribution is -2.13. The summed E-state index contributed by atoms with van der Waals surface area (Å²) in [6.45, 7) is 4.05. The molecule has 2 aromatic heterocycles. The van der Waals surface area contributed by atoms with Crippen LogP contribution < -0.4 is 11.3 Å². The fourth-order valence-corrected chi connectivity index (χ4v) is 1.93. The quantitative estimate of drug-likeness (QED) is 0.554. The molecular formula is C13H15N7. The van der Waals surface area contributed by atoms with E-state index in [0.29, 0.717) is 17.5 Å². The van der Waals surface area contributed by atoms with E-state index in [1.54, 1.807) is 10.7 Å². The first kappa shape index (κ1) is 12.5. The van der Waals surface area contributed by atoms with Crippen LogP contribution in [0, 0.1) is 0 Å². The zero-order valence-electron chi connectivity index (χ0n) is 11.3. The highest BCUT2D eigenvalue weighted by Crippen LogP contribution is 2.19. The number of hydrazine groups is 1. The number of rotatable bonds is 3. The summed E-state index contributed by atoms with van der Waals surface area (Å²) < 4.78 is 1.68. The van der Waals surface area contributed by atoms with Crippen molar-refractivity contribution in [3.8, 4) is 5.82 Å². The Balaban J connectivity index is 2.20. The van der Waals surface area contributed by atoms with Gasteiger partial charge in [-0.25, -0.2) is 15.8 Å². The smallest absolute Gasteiger partial charge is 0.161 e. The second kappa shape index (κ2) is 4.86. The second-order valence-corrected chi connectivity index (χ2v) is 4.76. The maximum atomic E-state index is 5.47. The zero-order chi connectivity index (χ0) is 14.1. The number of para-hydroxylation sites is 1. The topological polar surface area (TPSA) is 94.5 Å². The van der Waals surface area contributed by atoms with Crippen LogP contribution in [0.15, 0.2) is 30.3 Å². The summed E-state index contributed by atoms with van der Waals surface area (Å²) in [6, 6.07) is 9.46. The summed E-state index contributed by atoms with van der Waals surface area (Å²) in [7, 11) is 0. The van der Waals surface area contributed by atoms with Crippen LogP contribution in [0.1, 0.15) is 25.6 Å². The Morgan fingerprint density at radius 2 is 2.00 bits per heavy atom. The minimum atomic E-state index is 0.192. The second-order valence-electron chi connectivity index (χ2n) is 4.76. The monoisotopic (exact) mass is 269 g/mol. The van der Waals surface area contributed by atoms with Gasteiger partial charge in [0.1, 0.15) is 17.2 Å². The van der Waals surface area contributed by atoms with Gasteiger partial charge in [-0.05, 0) is 12.1 Å². The van der Waals surface area contributed by atoms with E-state index in [9.17, 15) is 0 Å². The lowest BCUT2D eigenvalue weighted by Gasteiger charge is -2.09. The number of hydrogen-bond donors (Lipinski definition) is 2. The van der Waals surface area contributed by atoms with E-state index in [4.69, 9.17) is 5.84 Å². The summed E-state index contributed by atoms with van der Waals surface area (Å²) in [5, 5.41) is 8.28. The number of nitrogens with zero attached hydrogens (tertiary/aromatic N) is 5. The van der Waals surface area contributed by atoms with Crippen molar-refractivity contribution in [2.24, 2.45) is 5.84 Å². The molecule has 3 rings (SSSR count). The van der Waals surface area contributed by atoms with Crippen molar-refractivity contribution in [1.29, 1.82) is 0 Å². The highest BCUT2D eigenvalue weighted by Gasteiger charge is 2.12. The molecule has 0 saturated heterocycles. The van der Waals surface area contributed by atoms with Crippen molar-refractivity contribution in [3.05, 3.63) is 36.2 Å². The SMILES string of the molecule is CC(C)c1nc(NN)cc(-n2nnc3ccccc32)n1. The van der Waals surface area contributed by atoms with Gasteiger partial charge in [0.25, 0.3) is 0 Å². The Hall–Kier alpha value is -2.54. The third-order valence-corrected chi connectivity index (χ3v) is 2.96. The normalized spacial score (nSPS) is 11.2. The van der Waals surface area contributed by atoms with E-state index >= 15 is 0 Å². The third-order valence-electron chi connectivity index (χ3n) is 2.96. The lowest BCUT2D eigenvalue weighted by atomic mass is 10.2. The first-order chi connectivity index (χ1) is 9.69. The molecule has 0 bridgehead atoms. The van der Waals surface area contributed by atoms with E-state index in [2.05, 4.69) is 25.7 Å². The molecule has 0 amide bonds. The van der Waals surface area contributed by atoms with Crippen molar-refractivity contribution >= 4 is 16.9 Å². The predicted octanol–water partition coefficient (Wildman–Crippen LogP) is 1.62. The van der Waals surface area contributed by atoms with Gasteiger partial charge in [-0.3, -0.25) is 0 Å². The van der Waals surface area contributed by atoms with Gasteiger partial charge in [0, 0.05) is 12.0 Å². The molecule has 7 nitrogen and oxygen atoms in total. The molecule has 2 heterocycles. The van der Waals surface area contributed by atoms with Crippen molar-refractivity contribution in [3.63, 3.8) is 0 Å². The van der Waals surface area contributed by atoms with Crippen molar-refractivity contribution < 1.29 is 0 Å². The number of benzene rings is 1. The number of fused-ring (bicyclic) bond motifs is 1. The van der Waals surface area contributed by atoms with Crippen molar-refractivity contribution in [2.45, 2.75) is 19.8 Å². The Morgan fingerprint density at radius 3 is 2.75 bits per heavy atom. The summed E-state index contributed by atoms with van der Waals surface area (Å²) >= 11 is 0. The van der Waals surface area contributed by atoms with E-state index in [-0.39, 0.29) is 5.92 Å². The molecule has 0 atom stereocenters. The average Bonchev–Trinajstić information content (AvgIpc) is 2.90. The maximum Gasteiger partial charge on any atom is 0.161 e. The molecule has 20 heavy (non-hydrogen) atoms. The number of hydrogen-bond acceptors (Lipinski definition) is 6. The van der Waals surface area contributed by atoms with Crippen LogP contribution in [-0.4, -0.2) is 25.0 Å². The molecular weight excluding hydrogens is 254 g/mol. The van der Waals surface area contributed by atoms with E-state index in [1.807, 2.05) is 38.1 Å². The fraction of sp³-hybridized carbons (Fsp3) is 0.231. The highest BCUT2D eigenvalue weighted by atomic mass is 15.4. The third kappa shape index (κ3) is 2.08. The lowest BCUT2D eigenvalue weighted by molar-refractivity contribution is 0.738. The molecule has 0 radical (unpaired) electrons. The number of nitrogens with one attached hydrogen (secondary N) is 1. The highest BCUT2D eigenvalue weighted by molar-refractivity contribution is 5.75. The molecule has 1 aromatic carbocycles. The van der Waals surface area contributed by atoms with Crippen LogP contribution in [0.2, 0.25) is 0 Å². The molecule has 0 aliphatic rings. The summed E-state index contributed by atoms with van der Waals surface area (Å²) in [4.78, 5) is 8.86. The predicted molar refractivity (Wildman–Crippen MR) is 76.4 cm³/mol. The van der Waals surface area contributed by atoms with Crippen LogP contribution >= 0.6 is 0 Å². The van der Waals surface area contributed by atoms with Gasteiger partial charge in [0.05, 0.1) is 5.52 Å². The first-order valence-corrected chi connectivity index (χ1v) is 6.35. The van der Waals surface area contributed by atoms with Gasteiger partial charge >= 0.3 is 0 Å². The Morgan fingerprint density at radius 1 is 1.20 bits per heavy atom. The Bertz CT molecular complexity index is 747. The van der Waals surface area contributed by atoms with Crippen LogP contribution in [0.4, 0.5) is 5.82 Å². The summed E-state index contributed by atoms with van der Waals surface area (Å²) in [5.74, 6) is 7.56. The molecule has 0 unspecified atom stereocenters. The minimum absolute atomic E-state index is 0.192. The molecule has 3 N–H and O–H groups in total. The first-order valence-electron chi connectivity index (χ1n) is 6.35. The average molecular weight is 269 g/mol. The Labute approximate surface area is 115 Å². The Kier molecular flexibility index (Phi) is 3.03. The summed E-state index contributed by atoms with van der Waals surface area (Å²) in [6.07, 6.45) is 0. The van der Waals surface area contributed by atoms with E-state index < -0.39 is 0 Å². The van der Waals surface area contributed by atoms with Crippen LogP contribution in [0.25, 0.3) is 16.9 Å². The van der Waals surface area contributed by atoms with Gasteiger partial charge in [0.2, 0.25) is 0 Å². The molecule has 7 heteroatoms. The fourth-order valence-electron chi connectivity index (χ4n) is 1.93. The van der Waals surface area contributed by atoms with Crippen LogP contribution in [0.5, 0.6) is 0 Å². The van der Waals surface area contributed by atoms with Gasteiger partial charge < -0.3 is 5.43 Å². The van der Waals surface area contributed by atoms with Gasteiger partial charge in [-0.15, -0.1) is 5.10 Å². The van der Waals surface area contributed by atoms with Gasteiger partial charge in [-0.1, -0.05) is 31.2 Å². The van der Waals surface area contributed by atoms with Crippen LogP contribution in [-0.2, 0) is 0 Å². The van der Waals surface area contributed by atoms with E-state index in [1.165, 1.54) is 0 Å². The van der Waals surface area contributed by atoms with Crippen molar-refractivity contribution in [1.82, 2.24) is 25.0 Å². The summed E-state index contributed by atoms with van der Waals surface area (Å²) in [5.41, 5.74) is 4.27. The molecule has 0 aliphatic carbocycles. The number of nitrogens with two attached hydrogens (primary N) is 1. The number of aromatic nitrogens is 5. The van der Waals surface area contributed by atoms with Crippen LogP contribution in [0.3, 0.4) is 0 Å². The van der Waals surface area contributed by atoms with Gasteiger partial charge in [0.15, 0.2) is 5.82 Å². The largest absolute Gasteiger partial charge is 0.308 e. The molecule has 0 saturated carbocycles. The standard InChI is InChI=1S/C13H15N7/c1-8(2)13-15-11(17-14)7-12(16-13)20-10-6-4-3-5-9(10)18-19-20/h3-8H,14H2,1-2H3,(H,15,16,17). The molecule has 0 spiro atoms. The maximum absolute atomic E-state index is 5.47. The molecule has 0 aliphatic heterocycles. The number of anilines is 1. The molecule has 0 fully saturated rings. The van der Waals surface area contributed by atoms with Gasteiger partial charge in [-0.2, -0.15) is 4.68 Å². The van der Waals surface area contributed by atoms with E-state index in [0.717, 1.165) is 11.0 Å². The molecule has 3 aromatic rings. The number of nitrogen functional groups attached to an aromatic ring is 1. The van der Waals surface area contributed by atoms with Crippen molar-refractivity contribution in [2.75, 3.05) is 5.43 Å². The minimum Gasteiger partial charge on any atom is -0.308 e. The zero-order valence-corrected chi connectivity index (χ0v) is 11.3. The molecule has 102 valence electrons.